The van der Waals surface area contributed by atoms with Crippen LogP contribution in [0.3, 0.4) is 0 Å². The van der Waals surface area contributed by atoms with Crippen molar-refractivity contribution in [1.82, 2.24) is 14.9 Å². The summed E-state index contributed by atoms with van der Waals surface area (Å²) in [6, 6.07) is 8.07. The van der Waals surface area contributed by atoms with Gasteiger partial charge in [0.15, 0.2) is 0 Å². The van der Waals surface area contributed by atoms with Crippen molar-refractivity contribution in [3.63, 3.8) is 0 Å². The van der Waals surface area contributed by atoms with E-state index in [1.54, 1.807) is 18.6 Å². The van der Waals surface area contributed by atoms with E-state index in [2.05, 4.69) is 31.2 Å². The van der Waals surface area contributed by atoms with Gasteiger partial charge in [-0.2, -0.15) is 0 Å². The number of nitrogens with zero attached hydrogens (tertiary/aromatic N) is 4. The van der Waals surface area contributed by atoms with Crippen molar-refractivity contribution in [1.29, 1.82) is 0 Å². The molecule has 0 bridgehead atoms. The molecule has 132 valence electrons. The number of carbonyl (C=O) groups excluding carboxylic acids is 1. The maximum absolute atomic E-state index is 12.6. The van der Waals surface area contributed by atoms with Crippen LogP contribution in [-0.4, -0.2) is 48.0 Å². The minimum Gasteiger partial charge on any atom is -0.355 e. The first-order chi connectivity index (χ1) is 12.1. The Morgan fingerprint density at radius 2 is 2.08 bits per heavy atom. The van der Waals surface area contributed by atoms with Crippen LogP contribution in [0.5, 0.6) is 0 Å². The van der Waals surface area contributed by atoms with E-state index < -0.39 is 0 Å². The van der Waals surface area contributed by atoms with Crippen LogP contribution in [0, 0.1) is 5.92 Å². The molecular formula is C19H25N5O. The zero-order valence-electron chi connectivity index (χ0n) is 14.9. The van der Waals surface area contributed by atoms with Gasteiger partial charge >= 0.3 is 0 Å². The zero-order chi connectivity index (χ0) is 17.6. The third-order valence-corrected chi connectivity index (χ3v) is 4.43. The van der Waals surface area contributed by atoms with Crippen LogP contribution in [-0.2, 0) is 11.3 Å². The number of amides is 1. The number of piperidine rings is 1. The van der Waals surface area contributed by atoms with Gasteiger partial charge in [0.25, 0.3) is 0 Å². The monoisotopic (exact) mass is 339 g/mol. The Bertz CT molecular complexity index is 696. The second-order valence-electron chi connectivity index (χ2n) is 6.75. The first-order valence-electron chi connectivity index (χ1n) is 8.67. The average Bonchev–Trinajstić information content (AvgIpc) is 2.62. The van der Waals surface area contributed by atoms with Gasteiger partial charge in [-0.1, -0.05) is 12.1 Å². The van der Waals surface area contributed by atoms with E-state index in [4.69, 9.17) is 0 Å². The summed E-state index contributed by atoms with van der Waals surface area (Å²) in [5.41, 5.74) is 2.07. The third-order valence-electron chi connectivity index (χ3n) is 4.43. The smallest absolute Gasteiger partial charge is 0.227 e. The summed E-state index contributed by atoms with van der Waals surface area (Å²) in [4.78, 5) is 25.3. The Balaban J connectivity index is 1.54. The van der Waals surface area contributed by atoms with Gasteiger partial charge in [-0.3, -0.25) is 9.78 Å². The molecule has 25 heavy (non-hydrogen) atoms. The fourth-order valence-electron chi connectivity index (χ4n) is 3.18. The van der Waals surface area contributed by atoms with Crippen molar-refractivity contribution in [2.75, 3.05) is 37.4 Å². The molecule has 0 aliphatic carbocycles. The molecule has 2 heterocycles. The highest BCUT2D eigenvalue weighted by atomic mass is 16.1. The molecule has 2 aromatic rings. The molecule has 1 fully saturated rings. The molecule has 6 heteroatoms. The van der Waals surface area contributed by atoms with E-state index in [-0.39, 0.29) is 11.8 Å². The molecule has 0 atom stereocenters. The van der Waals surface area contributed by atoms with E-state index in [1.165, 1.54) is 5.56 Å². The van der Waals surface area contributed by atoms with Gasteiger partial charge in [-0.25, -0.2) is 4.98 Å². The number of hydrogen-bond donors (Lipinski definition) is 1. The molecular weight excluding hydrogens is 314 g/mol. The number of nitrogens with one attached hydrogen (secondary N) is 1. The molecule has 0 radical (unpaired) electrons. The van der Waals surface area contributed by atoms with Gasteiger partial charge in [0, 0.05) is 43.6 Å². The van der Waals surface area contributed by atoms with Crippen LogP contribution in [0.25, 0.3) is 0 Å². The second-order valence-corrected chi connectivity index (χ2v) is 6.75. The first-order valence-corrected chi connectivity index (χ1v) is 8.67. The van der Waals surface area contributed by atoms with Gasteiger partial charge in [-0.05, 0) is 44.6 Å². The minimum atomic E-state index is 0.0467. The molecule has 0 unspecified atom stereocenters. The SMILES string of the molecule is CN(C)Cc1cccc(NC(=O)C2CCN(c3cnccn3)CC2)c1. The fourth-order valence-corrected chi connectivity index (χ4v) is 3.18. The Labute approximate surface area is 148 Å². The van der Waals surface area contributed by atoms with Crippen molar-refractivity contribution >= 4 is 17.4 Å². The number of benzene rings is 1. The van der Waals surface area contributed by atoms with E-state index in [0.29, 0.717) is 0 Å². The van der Waals surface area contributed by atoms with Crippen molar-refractivity contribution in [3.05, 3.63) is 48.4 Å². The van der Waals surface area contributed by atoms with Crippen molar-refractivity contribution in [3.8, 4) is 0 Å². The molecule has 1 N–H and O–H groups in total. The normalized spacial score (nSPS) is 15.4. The Kier molecular flexibility index (Phi) is 5.60. The molecule has 1 amide bonds. The molecule has 1 saturated heterocycles. The molecule has 1 aliphatic rings. The lowest BCUT2D eigenvalue weighted by Crippen LogP contribution is -2.38. The van der Waals surface area contributed by atoms with Gasteiger partial charge < -0.3 is 15.1 Å². The number of carbonyl (C=O) groups is 1. The largest absolute Gasteiger partial charge is 0.355 e. The fraction of sp³-hybridized carbons (Fsp3) is 0.421. The number of hydrogen-bond acceptors (Lipinski definition) is 5. The van der Waals surface area contributed by atoms with Crippen LogP contribution in [0.1, 0.15) is 18.4 Å². The van der Waals surface area contributed by atoms with Gasteiger partial charge in [0.2, 0.25) is 5.91 Å². The van der Waals surface area contributed by atoms with Crippen LogP contribution in [0.4, 0.5) is 11.5 Å². The summed E-state index contributed by atoms with van der Waals surface area (Å²) in [7, 11) is 4.08. The summed E-state index contributed by atoms with van der Waals surface area (Å²) < 4.78 is 0. The maximum atomic E-state index is 12.6. The number of rotatable bonds is 5. The Hall–Kier alpha value is -2.47. The summed E-state index contributed by atoms with van der Waals surface area (Å²) in [6.07, 6.45) is 6.82. The highest BCUT2D eigenvalue weighted by Gasteiger charge is 2.25. The predicted molar refractivity (Wildman–Crippen MR) is 99.4 cm³/mol. The summed E-state index contributed by atoms with van der Waals surface area (Å²) in [5.74, 6) is 1.05. The summed E-state index contributed by atoms with van der Waals surface area (Å²) in [5, 5.41) is 3.08. The Morgan fingerprint density at radius 3 is 2.76 bits per heavy atom. The standard InChI is InChI=1S/C19H25N5O/c1-23(2)14-15-4-3-5-17(12-15)22-19(25)16-6-10-24(11-7-16)18-13-20-8-9-21-18/h3-5,8-9,12-13,16H,6-7,10-11,14H2,1-2H3,(H,22,25). The van der Waals surface area contributed by atoms with E-state index in [0.717, 1.165) is 44.0 Å². The number of aromatic nitrogens is 2. The van der Waals surface area contributed by atoms with Crippen LogP contribution in [0.2, 0.25) is 0 Å². The summed E-state index contributed by atoms with van der Waals surface area (Å²) >= 11 is 0. The minimum absolute atomic E-state index is 0.0467. The maximum Gasteiger partial charge on any atom is 0.227 e. The third kappa shape index (κ3) is 4.76. The quantitative estimate of drug-likeness (QED) is 0.906. The molecule has 0 saturated carbocycles. The number of anilines is 2. The van der Waals surface area contributed by atoms with Gasteiger partial charge in [-0.15, -0.1) is 0 Å². The highest BCUT2D eigenvalue weighted by molar-refractivity contribution is 5.92. The lowest BCUT2D eigenvalue weighted by molar-refractivity contribution is -0.120. The topological polar surface area (TPSA) is 61.4 Å². The molecule has 6 nitrogen and oxygen atoms in total. The van der Waals surface area contributed by atoms with Gasteiger partial charge in [0.1, 0.15) is 5.82 Å². The predicted octanol–water partition coefficient (Wildman–Crippen LogP) is 2.39. The molecule has 1 aromatic carbocycles. The van der Waals surface area contributed by atoms with Crippen molar-refractivity contribution in [2.45, 2.75) is 19.4 Å². The van der Waals surface area contributed by atoms with E-state index >= 15 is 0 Å². The van der Waals surface area contributed by atoms with Crippen molar-refractivity contribution < 1.29 is 4.79 Å². The lowest BCUT2D eigenvalue weighted by Gasteiger charge is -2.31. The molecule has 1 aromatic heterocycles. The van der Waals surface area contributed by atoms with E-state index in [9.17, 15) is 4.79 Å². The van der Waals surface area contributed by atoms with Gasteiger partial charge in [0.05, 0.1) is 6.20 Å². The first kappa shape index (κ1) is 17.4. The van der Waals surface area contributed by atoms with Crippen LogP contribution >= 0.6 is 0 Å². The Morgan fingerprint density at radius 1 is 1.28 bits per heavy atom. The lowest BCUT2D eigenvalue weighted by atomic mass is 9.96. The van der Waals surface area contributed by atoms with Crippen LogP contribution in [0.15, 0.2) is 42.9 Å². The molecule has 3 rings (SSSR count). The average molecular weight is 339 g/mol. The van der Waals surface area contributed by atoms with E-state index in [1.807, 2.05) is 32.3 Å². The molecule has 0 spiro atoms. The zero-order valence-corrected chi connectivity index (χ0v) is 14.9. The molecule has 1 aliphatic heterocycles. The highest BCUT2D eigenvalue weighted by Crippen LogP contribution is 2.23. The van der Waals surface area contributed by atoms with Crippen LogP contribution < -0.4 is 10.2 Å². The summed E-state index contributed by atoms with van der Waals surface area (Å²) in [6.45, 7) is 2.52. The van der Waals surface area contributed by atoms with Crippen molar-refractivity contribution in [2.24, 2.45) is 5.92 Å². The second kappa shape index (κ2) is 8.07.